The first-order chi connectivity index (χ1) is 45.9. The van der Waals surface area contributed by atoms with Crippen molar-refractivity contribution in [3.05, 3.63) is 0 Å². The van der Waals surface area contributed by atoms with Crippen molar-refractivity contribution >= 4 is 39.5 Å². The van der Waals surface area contributed by atoms with Gasteiger partial charge in [-0.25, -0.2) is 9.13 Å². The van der Waals surface area contributed by atoms with Gasteiger partial charge >= 0.3 is 39.5 Å². The summed E-state index contributed by atoms with van der Waals surface area (Å²) in [5.41, 5.74) is 0. The summed E-state index contributed by atoms with van der Waals surface area (Å²) in [6.07, 6.45) is 55.5. The number of esters is 4. The second-order valence-corrected chi connectivity index (χ2v) is 31.3. The Labute approximate surface area is 581 Å². The number of unbranched alkanes of at least 4 members (excludes halogenated alkanes) is 45. The van der Waals surface area contributed by atoms with Crippen LogP contribution in [0.25, 0.3) is 0 Å². The molecule has 2 unspecified atom stereocenters. The zero-order chi connectivity index (χ0) is 70.0. The second kappa shape index (κ2) is 67.9. The predicted molar refractivity (Wildman–Crippen MR) is 386 cm³/mol. The summed E-state index contributed by atoms with van der Waals surface area (Å²) in [4.78, 5) is 72.7. The number of hydrogen-bond acceptors (Lipinski definition) is 15. The number of aliphatic hydroxyl groups is 1. The minimum absolute atomic E-state index is 0.107. The SMILES string of the molecule is CCCCCCCCCCCCCCC(=O)O[C@H](COC(=O)CCCCCCCCCC)COP(=O)(O)OC[C@H](O)COP(=O)(O)OC[C@@H](COC(=O)CCCCCCCCCCCCCC(C)C)OC(=O)CCCCCCCCCCCCCCCCCCCCC(C)C. The summed E-state index contributed by atoms with van der Waals surface area (Å²) in [5.74, 6) is -0.526. The molecular weight excluding hydrogens is 1250 g/mol. The van der Waals surface area contributed by atoms with Crippen LogP contribution in [-0.2, 0) is 65.4 Å². The minimum Gasteiger partial charge on any atom is -0.462 e. The largest absolute Gasteiger partial charge is 0.472 e. The summed E-state index contributed by atoms with van der Waals surface area (Å²) in [6.45, 7) is 9.61. The van der Waals surface area contributed by atoms with Gasteiger partial charge in [0.2, 0.25) is 0 Å². The molecule has 19 heteroatoms. The van der Waals surface area contributed by atoms with Gasteiger partial charge < -0.3 is 33.8 Å². The van der Waals surface area contributed by atoms with E-state index in [4.69, 9.17) is 37.0 Å². The van der Waals surface area contributed by atoms with Gasteiger partial charge in [-0.05, 0) is 37.5 Å². The van der Waals surface area contributed by atoms with Crippen LogP contribution in [0.4, 0.5) is 0 Å². The molecule has 5 atom stereocenters. The molecule has 0 heterocycles. The molecule has 564 valence electrons. The van der Waals surface area contributed by atoms with Crippen molar-refractivity contribution < 1.29 is 80.2 Å². The van der Waals surface area contributed by atoms with Crippen molar-refractivity contribution in [3.8, 4) is 0 Å². The fourth-order valence-corrected chi connectivity index (χ4v) is 13.2. The lowest BCUT2D eigenvalue weighted by Gasteiger charge is -2.21. The Morgan fingerprint density at radius 2 is 0.484 bits per heavy atom. The Hall–Kier alpha value is -1.94. The van der Waals surface area contributed by atoms with Gasteiger partial charge in [0, 0.05) is 25.7 Å². The van der Waals surface area contributed by atoms with Crippen LogP contribution < -0.4 is 0 Å². The normalized spacial score (nSPS) is 14.0. The van der Waals surface area contributed by atoms with Crippen LogP contribution in [0.2, 0.25) is 0 Å². The van der Waals surface area contributed by atoms with E-state index in [-0.39, 0.29) is 25.7 Å². The Bertz CT molecular complexity index is 1840. The summed E-state index contributed by atoms with van der Waals surface area (Å²) in [5, 5.41) is 10.6. The predicted octanol–water partition coefficient (Wildman–Crippen LogP) is 22.3. The van der Waals surface area contributed by atoms with Crippen molar-refractivity contribution in [1.29, 1.82) is 0 Å². The lowest BCUT2D eigenvalue weighted by Crippen LogP contribution is -2.30. The molecule has 95 heavy (non-hydrogen) atoms. The number of phosphoric acid groups is 2. The van der Waals surface area contributed by atoms with Crippen molar-refractivity contribution in [2.75, 3.05) is 39.6 Å². The second-order valence-electron chi connectivity index (χ2n) is 28.3. The molecular formula is C76H148O17P2. The van der Waals surface area contributed by atoms with Crippen molar-refractivity contribution in [1.82, 2.24) is 0 Å². The maximum atomic E-state index is 13.1. The van der Waals surface area contributed by atoms with E-state index in [0.29, 0.717) is 25.7 Å². The molecule has 0 rings (SSSR count). The van der Waals surface area contributed by atoms with Gasteiger partial charge in [0.15, 0.2) is 12.2 Å². The monoisotopic (exact) mass is 1400 g/mol. The molecule has 0 bridgehead atoms. The highest BCUT2D eigenvalue weighted by atomic mass is 31.2. The van der Waals surface area contributed by atoms with Crippen LogP contribution in [0.15, 0.2) is 0 Å². The van der Waals surface area contributed by atoms with Crippen LogP contribution >= 0.6 is 15.6 Å². The average Bonchev–Trinajstić information content (AvgIpc) is 1.31. The Morgan fingerprint density at radius 1 is 0.284 bits per heavy atom. The number of aliphatic hydroxyl groups excluding tert-OH is 1. The van der Waals surface area contributed by atoms with E-state index in [1.54, 1.807) is 0 Å². The Balaban J connectivity index is 5.18. The first-order valence-electron chi connectivity index (χ1n) is 39.5. The lowest BCUT2D eigenvalue weighted by atomic mass is 10.0. The highest BCUT2D eigenvalue weighted by molar-refractivity contribution is 7.47. The zero-order valence-electron chi connectivity index (χ0n) is 62.0. The van der Waals surface area contributed by atoms with Crippen molar-refractivity contribution in [2.24, 2.45) is 11.8 Å². The van der Waals surface area contributed by atoms with Crippen molar-refractivity contribution in [3.63, 3.8) is 0 Å². The van der Waals surface area contributed by atoms with E-state index >= 15 is 0 Å². The van der Waals surface area contributed by atoms with E-state index in [2.05, 4.69) is 41.5 Å². The molecule has 0 fully saturated rings. The molecule has 17 nitrogen and oxygen atoms in total. The maximum Gasteiger partial charge on any atom is 0.472 e. The van der Waals surface area contributed by atoms with Gasteiger partial charge in [0.25, 0.3) is 0 Å². The van der Waals surface area contributed by atoms with E-state index in [1.165, 1.54) is 205 Å². The van der Waals surface area contributed by atoms with E-state index < -0.39 is 97.5 Å². The smallest absolute Gasteiger partial charge is 0.462 e. The number of carbonyl (C=O) groups excluding carboxylic acids is 4. The van der Waals surface area contributed by atoms with E-state index in [9.17, 15) is 43.2 Å². The van der Waals surface area contributed by atoms with Crippen LogP contribution in [0.3, 0.4) is 0 Å². The third-order valence-corrected chi connectivity index (χ3v) is 19.6. The van der Waals surface area contributed by atoms with Gasteiger partial charge in [-0.3, -0.25) is 37.3 Å². The number of ether oxygens (including phenoxy) is 4. The number of rotatable bonds is 75. The van der Waals surface area contributed by atoms with Crippen LogP contribution in [0.5, 0.6) is 0 Å². The molecule has 0 aromatic rings. The highest BCUT2D eigenvalue weighted by Crippen LogP contribution is 2.45. The quantitative estimate of drug-likeness (QED) is 0.0222. The molecule has 0 spiro atoms. The van der Waals surface area contributed by atoms with E-state index in [1.807, 2.05) is 0 Å². The van der Waals surface area contributed by atoms with Gasteiger partial charge in [-0.1, -0.05) is 343 Å². The number of phosphoric ester groups is 2. The topological polar surface area (TPSA) is 237 Å². The lowest BCUT2D eigenvalue weighted by molar-refractivity contribution is -0.161. The molecule has 3 N–H and O–H groups in total. The molecule has 0 aromatic heterocycles. The van der Waals surface area contributed by atoms with E-state index in [0.717, 1.165) is 108 Å². The van der Waals surface area contributed by atoms with Gasteiger partial charge in [0.05, 0.1) is 26.4 Å². The Morgan fingerprint density at radius 3 is 0.716 bits per heavy atom. The van der Waals surface area contributed by atoms with Gasteiger partial charge in [-0.15, -0.1) is 0 Å². The maximum absolute atomic E-state index is 13.1. The third kappa shape index (κ3) is 70.3. The minimum atomic E-state index is -4.96. The zero-order valence-corrected chi connectivity index (χ0v) is 63.8. The molecule has 0 aromatic carbocycles. The first kappa shape index (κ1) is 93.1. The van der Waals surface area contributed by atoms with Gasteiger partial charge in [-0.2, -0.15) is 0 Å². The van der Waals surface area contributed by atoms with Crippen LogP contribution in [0, 0.1) is 11.8 Å². The average molecular weight is 1400 g/mol. The standard InChI is InChI=1S/C76H148O17P2/c1-7-9-11-13-15-17-18-30-36-42-48-54-60-75(80)92-71(64-86-73(78)58-52-46-40-16-14-12-10-8-2)66-90-94(82,83)88-62-70(77)63-89-95(84,85)91-67-72(65-87-74(79)59-53-47-41-35-32-27-29-34-39-45-51-57-69(5)6)93-76(81)61-55-49-43-37-31-26-24-22-20-19-21-23-25-28-33-38-44-50-56-68(3)4/h68-72,77H,7-67H2,1-6H3,(H,82,83)(H,84,85)/t70-,71+,72+/m0/s1. The Kier molecular flexibility index (Phi) is 66.5. The molecule has 0 aliphatic heterocycles. The number of carbonyl (C=O) groups is 4. The van der Waals surface area contributed by atoms with Crippen LogP contribution in [-0.4, -0.2) is 96.7 Å². The highest BCUT2D eigenvalue weighted by Gasteiger charge is 2.30. The molecule has 0 amide bonds. The molecule has 0 saturated carbocycles. The fourth-order valence-electron chi connectivity index (χ4n) is 11.7. The molecule has 0 radical (unpaired) electrons. The molecule has 0 aliphatic carbocycles. The van der Waals surface area contributed by atoms with Crippen molar-refractivity contribution in [2.45, 2.75) is 413 Å². The first-order valence-corrected chi connectivity index (χ1v) is 42.5. The number of hydrogen-bond donors (Lipinski definition) is 3. The summed E-state index contributed by atoms with van der Waals surface area (Å²) < 4.78 is 68.4. The molecule has 0 aliphatic rings. The summed E-state index contributed by atoms with van der Waals surface area (Å²) >= 11 is 0. The molecule has 0 saturated heterocycles. The van der Waals surface area contributed by atoms with Crippen LogP contribution in [0.1, 0.15) is 395 Å². The van der Waals surface area contributed by atoms with Gasteiger partial charge in [0.1, 0.15) is 19.3 Å². The summed E-state index contributed by atoms with van der Waals surface area (Å²) in [7, 11) is -9.91. The fraction of sp³-hybridized carbons (Fsp3) is 0.947. The summed E-state index contributed by atoms with van der Waals surface area (Å²) in [6, 6.07) is 0. The third-order valence-electron chi connectivity index (χ3n) is 17.7.